The van der Waals surface area contributed by atoms with Crippen molar-refractivity contribution in [2.75, 3.05) is 25.9 Å². The van der Waals surface area contributed by atoms with Gasteiger partial charge in [-0.15, -0.1) is 11.8 Å². The highest BCUT2D eigenvalue weighted by Gasteiger charge is 2.43. The summed E-state index contributed by atoms with van der Waals surface area (Å²) in [5.41, 5.74) is 1.06. The molecule has 1 aromatic rings. The number of piperidine rings is 1. The summed E-state index contributed by atoms with van der Waals surface area (Å²) >= 11 is 1.71. The van der Waals surface area contributed by atoms with Crippen LogP contribution in [-0.2, 0) is 16.0 Å². The van der Waals surface area contributed by atoms with E-state index in [0.717, 1.165) is 31.5 Å². The topological polar surface area (TPSA) is 40.6 Å². The van der Waals surface area contributed by atoms with Gasteiger partial charge in [-0.25, -0.2) is 0 Å². The third-order valence-corrected chi connectivity index (χ3v) is 6.56. The molecule has 3 aliphatic heterocycles. The number of amides is 2. The fourth-order valence-corrected chi connectivity index (χ4v) is 4.50. The SMILES string of the molecule is CSc1ccc(CC(=O)N2C[C@H]3CC[C@@H](C2)N(CC2CC2)C3=O)cc1. The normalized spacial score (nSPS) is 26.0. The molecule has 3 heterocycles. The van der Waals surface area contributed by atoms with Gasteiger partial charge in [0.05, 0.1) is 12.3 Å². The van der Waals surface area contributed by atoms with E-state index in [1.165, 1.54) is 17.7 Å². The van der Waals surface area contributed by atoms with E-state index < -0.39 is 0 Å². The molecule has 0 radical (unpaired) electrons. The Bertz CT molecular complexity index is 656. The summed E-state index contributed by atoms with van der Waals surface area (Å²) in [5, 5.41) is 0. The molecular formula is C20H26N2O2S. The summed E-state index contributed by atoms with van der Waals surface area (Å²) in [6.45, 7) is 2.24. The van der Waals surface area contributed by atoms with Gasteiger partial charge in [0.1, 0.15) is 0 Å². The Kier molecular flexibility index (Phi) is 4.76. The number of carbonyl (C=O) groups is 2. The first-order valence-corrected chi connectivity index (χ1v) is 10.6. The summed E-state index contributed by atoms with van der Waals surface area (Å²) in [5.74, 6) is 1.18. The molecule has 0 unspecified atom stereocenters. The highest BCUT2D eigenvalue weighted by molar-refractivity contribution is 7.98. The highest BCUT2D eigenvalue weighted by atomic mass is 32.2. The molecule has 0 spiro atoms. The van der Waals surface area contributed by atoms with Crippen LogP contribution in [-0.4, -0.2) is 53.5 Å². The second-order valence-electron chi connectivity index (χ2n) is 7.69. The van der Waals surface area contributed by atoms with Gasteiger partial charge >= 0.3 is 0 Å². The van der Waals surface area contributed by atoms with Gasteiger partial charge in [-0.1, -0.05) is 12.1 Å². The van der Waals surface area contributed by atoms with Crippen molar-refractivity contribution < 1.29 is 9.59 Å². The number of hydrogen-bond acceptors (Lipinski definition) is 3. The number of carbonyl (C=O) groups excluding carboxylic acids is 2. The molecule has 4 aliphatic rings. The van der Waals surface area contributed by atoms with E-state index >= 15 is 0 Å². The van der Waals surface area contributed by atoms with Gasteiger partial charge in [0.15, 0.2) is 0 Å². The second-order valence-corrected chi connectivity index (χ2v) is 8.57. The van der Waals surface area contributed by atoms with Crippen molar-refractivity contribution in [3.63, 3.8) is 0 Å². The Morgan fingerprint density at radius 3 is 2.56 bits per heavy atom. The van der Waals surface area contributed by atoms with Crippen molar-refractivity contribution in [2.45, 2.75) is 43.0 Å². The van der Waals surface area contributed by atoms with Crippen LogP contribution in [0, 0.1) is 11.8 Å². The summed E-state index contributed by atoms with van der Waals surface area (Å²) in [6.07, 6.45) is 7.00. The zero-order valence-electron chi connectivity index (χ0n) is 14.8. The maximum Gasteiger partial charge on any atom is 0.227 e. The molecule has 4 nitrogen and oxygen atoms in total. The fraction of sp³-hybridized carbons (Fsp3) is 0.600. The van der Waals surface area contributed by atoms with E-state index in [1.807, 2.05) is 17.0 Å². The Balaban J connectivity index is 1.43. The van der Waals surface area contributed by atoms with Crippen molar-refractivity contribution in [1.82, 2.24) is 9.80 Å². The van der Waals surface area contributed by atoms with Gasteiger partial charge in [-0.2, -0.15) is 0 Å². The average Bonchev–Trinajstić information content (AvgIpc) is 3.46. The molecule has 1 saturated carbocycles. The molecule has 134 valence electrons. The smallest absolute Gasteiger partial charge is 0.227 e. The summed E-state index contributed by atoms with van der Waals surface area (Å²) in [4.78, 5) is 30.9. The summed E-state index contributed by atoms with van der Waals surface area (Å²) in [6, 6.07) is 8.46. The second kappa shape index (κ2) is 7.02. The van der Waals surface area contributed by atoms with Crippen molar-refractivity contribution >= 4 is 23.6 Å². The van der Waals surface area contributed by atoms with Crippen LogP contribution in [0.25, 0.3) is 0 Å². The van der Waals surface area contributed by atoms with E-state index in [1.54, 1.807) is 11.8 Å². The first kappa shape index (κ1) is 17.0. The standard InChI is InChI=1S/C20H26N2O2S/c1-25-18-8-4-14(5-9-18)10-19(23)21-12-16-6-7-17(13-21)22(20(16)24)11-15-2-3-15/h4-5,8-9,15-17H,2-3,6-7,10-13H2,1H3/t16-,17+/m1/s1. The van der Waals surface area contributed by atoms with Crippen LogP contribution in [0.15, 0.2) is 29.2 Å². The number of hydrogen-bond donors (Lipinski definition) is 0. The van der Waals surface area contributed by atoms with Gasteiger partial charge in [0, 0.05) is 30.6 Å². The van der Waals surface area contributed by atoms with Crippen LogP contribution in [0.4, 0.5) is 0 Å². The summed E-state index contributed by atoms with van der Waals surface area (Å²) < 4.78 is 0. The Hall–Kier alpha value is -1.49. The maximum absolute atomic E-state index is 12.8. The molecular weight excluding hydrogens is 332 g/mol. The number of thioether (sulfide) groups is 1. The van der Waals surface area contributed by atoms with E-state index in [4.69, 9.17) is 0 Å². The first-order chi connectivity index (χ1) is 12.1. The first-order valence-electron chi connectivity index (χ1n) is 9.35. The molecule has 1 aliphatic carbocycles. The quantitative estimate of drug-likeness (QED) is 0.760. The lowest BCUT2D eigenvalue weighted by Gasteiger charge is -2.36. The molecule has 2 bridgehead atoms. The monoisotopic (exact) mass is 358 g/mol. The van der Waals surface area contributed by atoms with Gasteiger partial charge in [-0.3, -0.25) is 9.59 Å². The van der Waals surface area contributed by atoms with Crippen LogP contribution >= 0.6 is 11.8 Å². The zero-order valence-corrected chi connectivity index (χ0v) is 15.6. The minimum absolute atomic E-state index is 0.0142. The third kappa shape index (κ3) is 3.71. The number of nitrogens with zero attached hydrogens (tertiary/aromatic N) is 2. The van der Waals surface area contributed by atoms with Crippen molar-refractivity contribution in [3.05, 3.63) is 29.8 Å². The fourth-order valence-electron chi connectivity index (χ4n) is 4.09. The Labute approximate surface area is 153 Å². The average molecular weight is 359 g/mol. The molecule has 4 fully saturated rings. The largest absolute Gasteiger partial charge is 0.340 e. The van der Waals surface area contributed by atoms with Crippen LogP contribution < -0.4 is 0 Å². The Morgan fingerprint density at radius 1 is 1.12 bits per heavy atom. The minimum atomic E-state index is 0.0142. The van der Waals surface area contributed by atoms with Crippen molar-refractivity contribution in [2.24, 2.45) is 11.8 Å². The Morgan fingerprint density at radius 2 is 1.88 bits per heavy atom. The number of benzene rings is 1. The minimum Gasteiger partial charge on any atom is -0.340 e. The van der Waals surface area contributed by atoms with Crippen LogP contribution in [0.3, 0.4) is 0 Å². The van der Waals surface area contributed by atoms with Gasteiger partial charge in [0.25, 0.3) is 0 Å². The lowest BCUT2D eigenvalue weighted by Crippen LogP contribution is -2.48. The van der Waals surface area contributed by atoms with Crippen molar-refractivity contribution in [1.29, 1.82) is 0 Å². The van der Waals surface area contributed by atoms with Gasteiger partial charge in [-0.05, 0) is 55.6 Å². The highest BCUT2D eigenvalue weighted by Crippen LogP contribution is 2.35. The molecule has 25 heavy (non-hydrogen) atoms. The molecule has 3 saturated heterocycles. The van der Waals surface area contributed by atoms with Gasteiger partial charge in [0.2, 0.25) is 11.8 Å². The molecule has 2 atom stereocenters. The number of fused-ring (bicyclic) bond motifs is 4. The predicted molar refractivity (Wildman–Crippen MR) is 99.5 cm³/mol. The third-order valence-electron chi connectivity index (χ3n) is 5.81. The van der Waals surface area contributed by atoms with E-state index in [9.17, 15) is 9.59 Å². The zero-order chi connectivity index (χ0) is 17.4. The van der Waals surface area contributed by atoms with Gasteiger partial charge < -0.3 is 9.80 Å². The molecule has 0 N–H and O–H groups in total. The number of rotatable bonds is 5. The van der Waals surface area contributed by atoms with Crippen molar-refractivity contribution in [3.8, 4) is 0 Å². The molecule has 2 amide bonds. The lowest BCUT2D eigenvalue weighted by atomic mass is 9.94. The predicted octanol–water partition coefficient (Wildman–Crippen LogP) is 2.81. The molecule has 5 heteroatoms. The molecule has 0 aromatic heterocycles. The van der Waals surface area contributed by atoms with Crippen LogP contribution in [0.1, 0.15) is 31.2 Å². The molecule has 5 rings (SSSR count). The maximum atomic E-state index is 12.8. The van der Waals surface area contributed by atoms with Crippen LogP contribution in [0.5, 0.6) is 0 Å². The molecule has 1 aromatic carbocycles. The van der Waals surface area contributed by atoms with E-state index in [-0.39, 0.29) is 17.9 Å². The lowest BCUT2D eigenvalue weighted by molar-refractivity contribution is -0.140. The summed E-state index contributed by atoms with van der Waals surface area (Å²) in [7, 11) is 0. The van der Waals surface area contributed by atoms with Crippen LogP contribution in [0.2, 0.25) is 0 Å². The van der Waals surface area contributed by atoms with E-state index in [2.05, 4.69) is 23.3 Å². The van der Waals surface area contributed by atoms with E-state index in [0.29, 0.717) is 24.8 Å².